The fourth-order valence-electron chi connectivity index (χ4n) is 2.62. The fraction of sp³-hybridized carbons (Fsp3) is 0.250. The maximum atomic E-state index is 12.6. The Bertz CT molecular complexity index is 1100. The molecule has 0 amide bonds. The summed E-state index contributed by atoms with van der Waals surface area (Å²) in [6.07, 6.45) is 0. The maximum absolute atomic E-state index is 12.6. The lowest BCUT2D eigenvalue weighted by Gasteiger charge is -2.13. The monoisotopic (exact) mass is 327 g/mol. The molecule has 0 aliphatic rings. The van der Waals surface area contributed by atoms with E-state index >= 15 is 0 Å². The fourth-order valence-corrected chi connectivity index (χ4v) is 2.62. The van der Waals surface area contributed by atoms with E-state index in [0.29, 0.717) is 11.3 Å². The predicted octanol–water partition coefficient (Wildman–Crippen LogP) is 0.0535. The minimum Gasteiger partial charge on any atom is -0.378 e. The van der Waals surface area contributed by atoms with E-state index in [2.05, 4.69) is 9.97 Å². The Labute approximate surface area is 136 Å². The molecular formula is C16H17N5O3. The zero-order valence-corrected chi connectivity index (χ0v) is 13.8. The van der Waals surface area contributed by atoms with Crippen LogP contribution in [-0.4, -0.2) is 33.2 Å². The molecule has 0 radical (unpaired) electrons. The average Bonchev–Trinajstić information content (AvgIpc) is 2.57. The lowest BCUT2D eigenvalue weighted by molar-refractivity contribution is 0.705. The number of aromatic amines is 1. The Morgan fingerprint density at radius 1 is 1.00 bits per heavy atom. The third-order valence-electron chi connectivity index (χ3n) is 4.00. The highest BCUT2D eigenvalue weighted by Gasteiger charge is 2.16. The molecule has 0 saturated carbocycles. The number of aryl methyl sites for hydroxylation is 1. The molecule has 1 N–H and O–H groups in total. The first kappa shape index (κ1) is 15.7. The molecule has 2 heterocycles. The summed E-state index contributed by atoms with van der Waals surface area (Å²) in [4.78, 5) is 44.9. The van der Waals surface area contributed by atoms with Crippen molar-refractivity contribution in [3.05, 3.63) is 55.6 Å². The first-order valence-corrected chi connectivity index (χ1v) is 7.29. The van der Waals surface area contributed by atoms with Gasteiger partial charge in [-0.25, -0.2) is 9.59 Å². The number of H-pyrrole nitrogens is 1. The van der Waals surface area contributed by atoms with E-state index in [1.807, 2.05) is 43.3 Å². The molecule has 0 spiro atoms. The lowest BCUT2D eigenvalue weighted by Crippen LogP contribution is -2.38. The minimum atomic E-state index is -0.613. The molecular weight excluding hydrogens is 310 g/mol. The van der Waals surface area contributed by atoms with Crippen LogP contribution in [0.2, 0.25) is 0 Å². The standard InChI is InChI=1S/C16H17N5O3/c1-19(2)10-7-5-9(6-8-10)12-11-13(18-15(23)17-12)20(3)16(24)21(4)14(11)22/h5-8H,1-4H3,(H,17,18,23). The van der Waals surface area contributed by atoms with Gasteiger partial charge in [0.05, 0.1) is 5.69 Å². The lowest BCUT2D eigenvalue weighted by atomic mass is 10.1. The summed E-state index contributed by atoms with van der Waals surface area (Å²) in [5, 5.41) is 0.205. The molecule has 3 aromatic rings. The number of aromatic nitrogens is 4. The zero-order valence-electron chi connectivity index (χ0n) is 13.8. The number of rotatable bonds is 2. The molecule has 8 nitrogen and oxygen atoms in total. The second-order valence-corrected chi connectivity index (χ2v) is 5.76. The largest absolute Gasteiger partial charge is 0.378 e. The van der Waals surface area contributed by atoms with Gasteiger partial charge in [0.25, 0.3) is 5.56 Å². The first-order chi connectivity index (χ1) is 11.3. The third-order valence-corrected chi connectivity index (χ3v) is 4.00. The van der Waals surface area contributed by atoms with Crippen LogP contribution < -0.4 is 21.8 Å². The van der Waals surface area contributed by atoms with E-state index in [1.54, 1.807) is 0 Å². The number of fused-ring (bicyclic) bond motifs is 1. The van der Waals surface area contributed by atoms with Crippen molar-refractivity contribution in [3.63, 3.8) is 0 Å². The highest BCUT2D eigenvalue weighted by Crippen LogP contribution is 2.23. The molecule has 0 bridgehead atoms. The first-order valence-electron chi connectivity index (χ1n) is 7.29. The van der Waals surface area contributed by atoms with Crippen LogP contribution in [0.5, 0.6) is 0 Å². The van der Waals surface area contributed by atoms with Crippen molar-refractivity contribution < 1.29 is 0 Å². The normalized spacial score (nSPS) is 11.0. The van der Waals surface area contributed by atoms with Crippen LogP contribution in [0.15, 0.2) is 38.6 Å². The summed E-state index contributed by atoms with van der Waals surface area (Å²) in [5.41, 5.74) is 0.436. The third kappa shape index (κ3) is 2.32. The van der Waals surface area contributed by atoms with Gasteiger partial charge >= 0.3 is 11.4 Å². The molecule has 1 aromatic carbocycles. The molecule has 0 aliphatic carbocycles. The summed E-state index contributed by atoms with van der Waals surface area (Å²) >= 11 is 0. The van der Waals surface area contributed by atoms with Crippen molar-refractivity contribution in [1.29, 1.82) is 0 Å². The molecule has 8 heteroatoms. The molecule has 24 heavy (non-hydrogen) atoms. The Morgan fingerprint density at radius 2 is 1.62 bits per heavy atom. The van der Waals surface area contributed by atoms with Crippen LogP contribution in [0.1, 0.15) is 0 Å². The molecule has 0 saturated heterocycles. The van der Waals surface area contributed by atoms with Crippen molar-refractivity contribution in [2.45, 2.75) is 0 Å². The summed E-state index contributed by atoms with van der Waals surface area (Å²) in [5.74, 6) is 0. The highest BCUT2D eigenvalue weighted by atomic mass is 16.2. The van der Waals surface area contributed by atoms with Gasteiger partial charge in [0.1, 0.15) is 5.39 Å². The van der Waals surface area contributed by atoms with Gasteiger partial charge in [0.2, 0.25) is 0 Å². The minimum absolute atomic E-state index is 0.0681. The summed E-state index contributed by atoms with van der Waals surface area (Å²) in [6.45, 7) is 0. The average molecular weight is 327 g/mol. The zero-order chi connectivity index (χ0) is 17.6. The van der Waals surface area contributed by atoms with Gasteiger partial charge in [-0.2, -0.15) is 4.98 Å². The van der Waals surface area contributed by atoms with E-state index in [1.165, 1.54) is 18.7 Å². The second-order valence-electron chi connectivity index (χ2n) is 5.76. The van der Waals surface area contributed by atoms with Gasteiger partial charge in [-0.3, -0.25) is 13.9 Å². The SMILES string of the molecule is CN(C)c1ccc(-c2[nH]c(=O)nc3c2c(=O)n(C)c(=O)n3C)cc1. The number of anilines is 1. The Balaban J connectivity index is 2.42. The van der Waals surface area contributed by atoms with Gasteiger partial charge in [-0.05, 0) is 17.7 Å². The van der Waals surface area contributed by atoms with Gasteiger partial charge < -0.3 is 9.88 Å². The number of hydrogen-bond donors (Lipinski definition) is 1. The van der Waals surface area contributed by atoms with Gasteiger partial charge in [0.15, 0.2) is 5.65 Å². The number of benzene rings is 1. The van der Waals surface area contributed by atoms with Crippen molar-refractivity contribution in [3.8, 4) is 11.3 Å². The molecule has 3 rings (SSSR count). The second kappa shape index (κ2) is 5.48. The Morgan fingerprint density at radius 3 is 2.21 bits per heavy atom. The van der Waals surface area contributed by atoms with Gasteiger partial charge in [-0.1, -0.05) is 12.1 Å². The summed E-state index contributed by atoms with van der Waals surface area (Å²) in [6, 6.07) is 7.38. The Hall–Kier alpha value is -3.16. The van der Waals surface area contributed by atoms with E-state index in [9.17, 15) is 14.4 Å². The van der Waals surface area contributed by atoms with Gasteiger partial charge in [0, 0.05) is 33.9 Å². The molecule has 2 aromatic heterocycles. The van der Waals surface area contributed by atoms with Crippen LogP contribution in [0.4, 0.5) is 5.69 Å². The summed E-state index contributed by atoms with van der Waals surface area (Å²) < 4.78 is 2.20. The smallest absolute Gasteiger partial charge is 0.347 e. The van der Waals surface area contributed by atoms with Crippen LogP contribution in [-0.2, 0) is 14.1 Å². The van der Waals surface area contributed by atoms with Crippen molar-refractivity contribution in [2.75, 3.05) is 19.0 Å². The molecule has 0 atom stereocenters. The molecule has 0 unspecified atom stereocenters. The van der Waals surface area contributed by atoms with Crippen molar-refractivity contribution >= 4 is 16.7 Å². The Kier molecular flexibility index (Phi) is 3.59. The highest BCUT2D eigenvalue weighted by molar-refractivity contribution is 5.89. The van der Waals surface area contributed by atoms with Crippen LogP contribution in [0.3, 0.4) is 0 Å². The van der Waals surface area contributed by atoms with Crippen LogP contribution >= 0.6 is 0 Å². The number of nitrogens with one attached hydrogen (secondary N) is 1. The number of nitrogens with zero attached hydrogens (tertiary/aromatic N) is 4. The number of hydrogen-bond acceptors (Lipinski definition) is 5. The molecule has 0 aliphatic heterocycles. The molecule has 124 valence electrons. The van der Waals surface area contributed by atoms with Crippen LogP contribution in [0, 0.1) is 0 Å². The molecule has 0 fully saturated rings. The van der Waals surface area contributed by atoms with E-state index in [0.717, 1.165) is 10.3 Å². The topological polar surface area (TPSA) is 93.0 Å². The predicted molar refractivity (Wildman–Crippen MR) is 92.6 cm³/mol. The van der Waals surface area contributed by atoms with Crippen molar-refractivity contribution in [1.82, 2.24) is 19.1 Å². The van der Waals surface area contributed by atoms with E-state index in [-0.39, 0.29) is 11.0 Å². The van der Waals surface area contributed by atoms with E-state index in [4.69, 9.17) is 0 Å². The summed E-state index contributed by atoms with van der Waals surface area (Å²) in [7, 11) is 6.72. The van der Waals surface area contributed by atoms with Crippen molar-refractivity contribution in [2.24, 2.45) is 14.1 Å². The van der Waals surface area contributed by atoms with E-state index < -0.39 is 16.9 Å². The quantitative estimate of drug-likeness (QED) is 0.718. The maximum Gasteiger partial charge on any atom is 0.347 e. The van der Waals surface area contributed by atoms with Gasteiger partial charge in [-0.15, -0.1) is 0 Å². The van der Waals surface area contributed by atoms with Crippen LogP contribution in [0.25, 0.3) is 22.3 Å².